The highest BCUT2D eigenvalue weighted by Gasteiger charge is 2.04. The minimum atomic E-state index is 0.0518. The van der Waals surface area contributed by atoms with Crippen LogP contribution in [-0.4, -0.2) is 12.3 Å². The van der Waals surface area contributed by atoms with E-state index < -0.39 is 0 Å². The van der Waals surface area contributed by atoms with Gasteiger partial charge in [0, 0.05) is 15.7 Å². The Bertz CT molecular complexity index is 379. The van der Waals surface area contributed by atoms with Crippen molar-refractivity contribution in [1.29, 1.82) is 0 Å². The summed E-state index contributed by atoms with van der Waals surface area (Å²) in [5.74, 6) is 0.0518. The third-order valence-electron chi connectivity index (χ3n) is 1.49. The molecule has 0 spiro atoms. The van der Waals surface area contributed by atoms with Crippen LogP contribution in [0.15, 0.2) is 27.8 Å². The maximum absolute atomic E-state index is 9.87. The van der Waals surface area contributed by atoms with Crippen LogP contribution in [0.1, 0.15) is 5.56 Å². The number of rotatable bonds is 3. The summed E-state index contributed by atoms with van der Waals surface area (Å²) >= 11 is 3.26. The summed E-state index contributed by atoms with van der Waals surface area (Å²) in [4.78, 5) is 14.0. The Labute approximate surface area is 88.8 Å². The summed E-state index contributed by atoms with van der Waals surface area (Å²) in [5, 5.41) is 3.34. The highest BCUT2D eigenvalue weighted by molar-refractivity contribution is 9.10. The first-order valence-electron chi connectivity index (χ1n) is 3.63. The van der Waals surface area contributed by atoms with Gasteiger partial charge >= 0.3 is 6.47 Å². The Kier molecular flexibility index (Phi) is 3.47. The lowest BCUT2D eigenvalue weighted by atomic mass is 10.2. The molecule has 6 heteroatoms. The van der Waals surface area contributed by atoms with Gasteiger partial charge in [0.05, 0.1) is 0 Å². The zero-order chi connectivity index (χ0) is 10.6. The number of halogens is 1. The number of nitrogens with two attached hydrogens (primary N) is 2. The molecule has 5 nitrogen and oxygen atoms in total. The molecule has 1 aromatic carbocycles. The first kappa shape index (κ1) is 10.5. The summed E-state index contributed by atoms with van der Waals surface area (Å²) < 4.78 is 0.811. The first-order chi connectivity index (χ1) is 6.65. The van der Waals surface area contributed by atoms with E-state index >= 15 is 0 Å². The van der Waals surface area contributed by atoms with E-state index in [2.05, 4.69) is 25.9 Å². The Balaban J connectivity index is 3.05. The molecule has 4 N–H and O–H groups in total. The van der Waals surface area contributed by atoms with Crippen molar-refractivity contribution >= 4 is 33.9 Å². The van der Waals surface area contributed by atoms with Crippen molar-refractivity contribution in [1.82, 2.24) is 0 Å². The van der Waals surface area contributed by atoms with Gasteiger partial charge in [-0.1, -0.05) is 21.1 Å². The van der Waals surface area contributed by atoms with Gasteiger partial charge in [0.1, 0.15) is 0 Å². The zero-order valence-electron chi connectivity index (χ0n) is 7.11. The van der Waals surface area contributed by atoms with Gasteiger partial charge < -0.3 is 16.3 Å². The molecule has 0 aliphatic carbocycles. The van der Waals surface area contributed by atoms with Crippen molar-refractivity contribution in [3.63, 3.8) is 0 Å². The average Bonchev–Trinajstić information content (AvgIpc) is 2.18. The van der Waals surface area contributed by atoms with Crippen LogP contribution < -0.4 is 11.5 Å². The molecule has 1 aromatic rings. The third-order valence-corrected chi connectivity index (χ3v) is 1.98. The minimum Gasteiger partial charge on any atom is -0.398 e. The number of oxime groups is 1. The molecule has 0 aliphatic heterocycles. The molecule has 0 unspecified atom stereocenters. The Morgan fingerprint density at radius 1 is 1.57 bits per heavy atom. The minimum absolute atomic E-state index is 0.0518. The van der Waals surface area contributed by atoms with Crippen molar-refractivity contribution in [2.75, 3.05) is 5.73 Å². The molecule has 1 rings (SSSR count). The summed E-state index contributed by atoms with van der Waals surface area (Å²) in [7, 11) is 0. The van der Waals surface area contributed by atoms with Gasteiger partial charge in [-0.3, -0.25) is 4.79 Å². The summed E-state index contributed by atoms with van der Waals surface area (Å²) in [5.41, 5.74) is 12.1. The maximum atomic E-state index is 9.87. The zero-order valence-corrected chi connectivity index (χ0v) is 8.69. The van der Waals surface area contributed by atoms with Crippen LogP contribution in [0, 0.1) is 0 Å². The number of carbonyl (C=O) groups is 1. The largest absolute Gasteiger partial charge is 0.398 e. The monoisotopic (exact) mass is 257 g/mol. The van der Waals surface area contributed by atoms with E-state index in [0.717, 1.165) is 4.47 Å². The lowest BCUT2D eigenvalue weighted by Crippen LogP contribution is -2.15. The van der Waals surface area contributed by atoms with Gasteiger partial charge in [-0.05, 0) is 18.2 Å². The van der Waals surface area contributed by atoms with Crippen LogP contribution in [0.3, 0.4) is 0 Å². The standard InChI is InChI=1S/C8H8BrN3O2/c9-5-1-2-7(10)6(3-5)8(11)12-14-4-13/h1-4H,10H2,(H2,11,12). The van der Waals surface area contributed by atoms with Crippen molar-refractivity contribution in [2.45, 2.75) is 0 Å². The summed E-state index contributed by atoms with van der Waals surface area (Å²) in [6.45, 7) is 0.182. The van der Waals surface area contributed by atoms with Gasteiger partial charge in [-0.25, -0.2) is 0 Å². The average molecular weight is 258 g/mol. The van der Waals surface area contributed by atoms with Crippen LogP contribution >= 0.6 is 15.9 Å². The highest BCUT2D eigenvalue weighted by Crippen LogP contribution is 2.17. The van der Waals surface area contributed by atoms with Crippen molar-refractivity contribution in [3.8, 4) is 0 Å². The SMILES string of the molecule is N/C(=N\OC=O)c1cc(Br)ccc1N. The molecule has 0 amide bonds. The quantitative estimate of drug-likeness (QED) is 0.210. The number of carbonyl (C=O) groups excluding carboxylic acids is 1. The van der Waals surface area contributed by atoms with E-state index in [4.69, 9.17) is 11.5 Å². The fourth-order valence-corrected chi connectivity index (χ4v) is 1.24. The van der Waals surface area contributed by atoms with Crippen LogP contribution in [-0.2, 0) is 9.63 Å². The molecule has 0 aliphatic rings. The van der Waals surface area contributed by atoms with E-state index in [1.54, 1.807) is 18.2 Å². The predicted molar refractivity (Wildman–Crippen MR) is 56.4 cm³/mol. The lowest BCUT2D eigenvalue weighted by molar-refractivity contribution is -0.128. The van der Waals surface area contributed by atoms with Crippen LogP contribution in [0.2, 0.25) is 0 Å². The summed E-state index contributed by atoms with van der Waals surface area (Å²) in [6, 6.07) is 5.12. The van der Waals surface area contributed by atoms with Crippen LogP contribution in [0.25, 0.3) is 0 Å². The first-order valence-corrected chi connectivity index (χ1v) is 4.42. The number of anilines is 1. The molecule has 0 saturated carbocycles. The highest BCUT2D eigenvalue weighted by atomic mass is 79.9. The van der Waals surface area contributed by atoms with Crippen molar-refractivity contribution in [3.05, 3.63) is 28.2 Å². The molecular weight excluding hydrogens is 250 g/mol. The lowest BCUT2D eigenvalue weighted by Gasteiger charge is -2.03. The smallest absolute Gasteiger partial charge is 0.323 e. The Morgan fingerprint density at radius 3 is 2.93 bits per heavy atom. The van der Waals surface area contributed by atoms with E-state index in [1.165, 1.54) is 0 Å². The van der Waals surface area contributed by atoms with E-state index in [1.807, 2.05) is 0 Å². The second kappa shape index (κ2) is 4.61. The van der Waals surface area contributed by atoms with Crippen LogP contribution in [0.4, 0.5) is 5.69 Å². The molecule has 0 radical (unpaired) electrons. The van der Waals surface area contributed by atoms with Gasteiger partial charge in [-0.15, -0.1) is 0 Å². The number of hydrogen-bond acceptors (Lipinski definition) is 4. The fraction of sp³-hybridized carbons (Fsp3) is 0. The second-order valence-electron chi connectivity index (χ2n) is 2.41. The molecular formula is C8H8BrN3O2. The van der Waals surface area contributed by atoms with Gasteiger partial charge in [0.15, 0.2) is 5.84 Å². The molecule has 0 heterocycles. The summed E-state index contributed by atoms with van der Waals surface area (Å²) in [6.07, 6.45) is 0. The molecule has 0 fully saturated rings. The molecule has 14 heavy (non-hydrogen) atoms. The van der Waals surface area contributed by atoms with Gasteiger partial charge in [-0.2, -0.15) is 0 Å². The Morgan fingerprint density at radius 2 is 2.29 bits per heavy atom. The predicted octanol–water partition coefficient (Wildman–Crippen LogP) is 0.825. The number of amidine groups is 1. The van der Waals surface area contributed by atoms with E-state index in [9.17, 15) is 4.79 Å². The van der Waals surface area contributed by atoms with Gasteiger partial charge in [0.2, 0.25) is 0 Å². The van der Waals surface area contributed by atoms with Gasteiger partial charge in [0.25, 0.3) is 0 Å². The topological polar surface area (TPSA) is 90.7 Å². The third kappa shape index (κ3) is 2.46. The second-order valence-corrected chi connectivity index (χ2v) is 3.33. The molecule has 0 bridgehead atoms. The number of benzene rings is 1. The fourth-order valence-electron chi connectivity index (χ4n) is 0.878. The molecule has 0 atom stereocenters. The van der Waals surface area contributed by atoms with Crippen molar-refractivity contribution < 1.29 is 9.63 Å². The molecule has 0 aromatic heterocycles. The number of nitrogens with zero attached hydrogens (tertiary/aromatic N) is 1. The van der Waals surface area contributed by atoms with Crippen molar-refractivity contribution in [2.24, 2.45) is 10.9 Å². The normalized spacial score (nSPS) is 11.1. The number of hydrogen-bond donors (Lipinski definition) is 2. The molecule has 0 saturated heterocycles. The van der Waals surface area contributed by atoms with Crippen LogP contribution in [0.5, 0.6) is 0 Å². The Hall–Kier alpha value is -1.56. The van der Waals surface area contributed by atoms with E-state index in [-0.39, 0.29) is 12.3 Å². The molecule has 74 valence electrons. The maximum Gasteiger partial charge on any atom is 0.323 e. The number of nitrogen functional groups attached to an aromatic ring is 1. The van der Waals surface area contributed by atoms with E-state index in [0.29, 0.717) is 11.3 Å².